The molecule has 0 saturated heterocycles. The van der Waals surface area contributed by atoms with Gasteiger partial charge < -0.3 is 5.73 Å². The fourth-order valence-electron chi connectivity index (χ4n) is 1.08. The molecule has 0 amide bonds. The van der Waals surface area contributed by atoms with Crippen LogP contribution in [0.25, 0.3) is 0 Å². The van der Waals surface area contributed by atoms with E-state index < -0.39 is 0 Å². The number of benzene rings is 1. The van der Waals surface area contributed by atoms with Crippen LogP contribution in [0.2, 0.25) is 0 Å². The fraction of sp³-hybridized carbons (Fsp3) is 0.182. The zero-order chi connectivity index (χ0) is 9.68. The SMILES string of the molecule is C#Cc1cccc([C@@H](N)CC#N)c1. The fourth-order valence-corrected chi connectivity index (χ4v) is 1.08. The molecule has 0 aliphatic rings. The molecule has 0 aromatic heterocycles. The van der Waals surface area contributed by atoms with Crippen LogP contribution in [0.15, 0.2) is 24.3 Å². The third-order valence-corrected chi connectivity index (χ3v) is 1.79. The molecule has 2 nitrogen and oxygen atoms in total. The summed E-state index contributed by atoms with van der Waals surface area (Å²) >= 11 is 0. The Morgan fingerprint density at radius 3 is 2.92 bits per heavy atom. The van der Waals surface area contributed by atoms with Crippen molar-refractivity contribution in [2.75, 3.05) is 0 Å². The summed E-state index contributed by atoms with van der Waals surface area (Å²) in [6.45, 7) is 0. The van der Waals surface area contributed by atoms with Crippen molar-refractivity contribution in [3.8, 4) is 18.4 Å². The summed E-state index contributed by atoms with van der Waals surface area (Å²) < 4.78 is 0. The van der Waals surface area contributed by atoms with Crippen molar-refractivity contribution < 1.29 is 0 Å². The summed E-state index contributed by atoms with van der Waals surface area (Å²) in [5.41, 5.74) is 7.45. The molecule has 64 valence electrons. The summed E-state index contributed by atoms with van der Waals surface area (Å²) in [4.78, 5) is 0. The number of nitriles is 1. The van der Waals surface area contributed by atoms with Gasteiger partial charge in [-0.1, -0.05) is 18.1 Å². The van der Waals surface area contributed by atoms with Gasteiger partial charge in [-0.25, -0.2) is 0 Å². The average Bonchev–Trinajstić information content (AvgIpc) is 2.18. The van der Waals surface area contributed by atoms with Gasteiger partial charge in [-0.2, -0.15) is 5.26 Å². The van der Waals surface area contributed by atoms with E-state index in [0.29, 0.717) is 6.42 Å². The van der Waals surface area contributed by atoms with Gasteiger partial charge in [0, 0.05) is 11.6 Å². The largest absolute Gasteiger partial charge is 0.323 e. The predicted octanol–water partition coefficient (Wildman–Crippen LogP) is 1.58. The molecular formula is C11H10N2. The smallest absolute Gasteiger partial charge is 0.0641 e. The van der Waals surface area contributed by atoms with Crippen molar-refractivity contribution in [2.45, 2.75) is 12.5 Å². The van der Waals surface area contributed by atoms with Crippen molar-refractivity contribution in [1.82, 2.24) is 0 Å². The van der Waals surface area contributed by atoms with Crippen LogP contribution in [0.1, 0.15) is 23.6 Å². The van der Waals surface area contributed by atoms with Gasteiger partial charge in [-0.05, 0) is 17.7 Å². The van der Waals surface area contributed by atoms with Gasteiger partial charge in [0.25, 0.3) is 0 Å². The summed E-state index contributed by atoms with van der Waals surface area (Å²) in [6.07, 6.45) is 5.55. The van der Waals surface area contributed by atoms with Crippen molar-refractivity contribution >= 4 is 0 Å². The lowest BCUT2D eigenvalue weighted by molar-refractivity contribution is 0.748. The lowest BCUT2D eigenvalue weighted by atomic mass is 10.0. The number of nitrogens with zero attached hydrogens (tertiary/aromatic N) is 1. The minimum absolute atomic E-state index is 0.238. The molecule has 0 unspecified atom stereocenters. The topological polar surface area (TPSA) is 49.8 Å². The monoisotopic (exact) mass is 170 g/mol. The first-order chi connectivity index (χ1) is 6.27. The van der Waals surface area contributed by atoms with Gasteiger partial charge in [0.2, 0.25) is 0 Å². The highest BCUT2D eigenvalue weighted by Gasteiger charge is 2.04. The van der Waals surface area contributed by atoms with Gasteiger partial charge in [-0.15, -0.1) is 6.42 Å². The molecule has 1 rings (SSSR count). The van der Waals surface area contributed by atoms with Crippen molar-refractivity contribution in [1.29, 1.82) is 5.26 Å². The molecule has 13 heavy (non-hydrogen) atoms. The Labute approximate surface area is 78.0 Å². The minimum atomic E-state index is -0.238. The first-order valence-corrected chi connectivity index (χ1v) is 3.97. The Balaban J connectivity index is 2.91. The number of hydrogen-bond acceptors (Lipinski definition) is 2. The molecule has 0 saturated carbocycles. The molecule has 1 aromatic rings. The Bertz CT molecular complexity index is 368. The third kappa shape index (κ3) is 2.33. The molecular weight excluding hydrogens is 160 g/mol. The lowest BCUT2D eigenvalue weighted by Gasteiger charge is -2.07. The summed E-state index contributed by atoms with van der Waals surface area (Å²) in [5.74, 6) is 2.53. The van der Waals surface area contributed by atoms with Gasteiger partial charge in [-0.3, -0.25) is 0 Å². The molecule has 1 aromatic carbocycles. The molecule has 0 aliphatic heterocycles. The van der Waals surface area contributed by atoms with Crippen LogP contribution in [0.5, 0.6) is 0 Å². The quantitative estimate of drug-likeness (QED) is 0.685. The Morgan fingerprint density at radius 1 is 1.54 bits per heavy atom. The number of hydrogen-bond donors (Lipinski definition) is 1. The second kappa shape index (κ2) is 4.30. The molecule has 0 aliphatic carbocycles. The summed E-state index contributed by atoms with van der Waals surface area (Å²) in [5, 5.41) is 8.45. The summed E-state index contributed by atoms with van der Waals surface area (Å²) in [7, 11) is 0. The van der Waals surface area contributed by atoms with Crippen LogP contribution in [0, 0.1) is 23.7 Å². The predicted molar refractivity (Wildman–Crippen MR) is 51.5 cm³/mol. The maximum atomic E-state index is 8.45. The zero-order valence-electron chi connectivity index (χ0n) is 7.20. The van der Waals surface area contributed by atoms with Gasteiger partial charge in [0.05, 0.1) is 12.5 Å². The van der Waals surface area contributed by atoms with Crippen molar-refractivity contribution in [3.63, 3.8) is 0 Å². The number of nitrogens with two attached hydrogens (primary N) is 1. The van der Waals surface area contributed by atoms with Crippen LogP contribution < -0.4 is 5.73 Å². The second-order valence-corrected chi connectivity index (χ2v) is 2.74. The molecule has 2 heteroatoms. The van der Waals surface area contributed by atoms with Crippen LogP contribution >= 0.6 is 0 Å². The van der Waals surface area contributed by atoms with Crippen molar-refractivity contribution in [3.05, 3.63) is 35.4 Å². The second-order valence-electron chi connectivity index (χ2n) is 2.74. The van der Waals surface area contributed by atoms with E-state index in [2.05, 4.69) is 5.92 Å². The van der Waals surface area contributed by atoms with Crippen LogP contribution in [-0.4, -0.2) is 0 Å². The van der Waals surface area contributed by atoms with E-state index in [9.17, 15) is 0 Å². The maximum absolute atomic E-state index is 8.45. The Morgan fingerprint density at radius 2 is 2.31 bits per heavy atom. The maximum Gasteiger partial charge on any atom is 0.0641 e. The average molecular weight is 170 g/mol. The van der Waals surface area contributed by atoms with E-state index in [1.54, 1.807) is 0 Å². The molecule has 2 N–H and O–H groups in total. The third-order valence-electron chi connectivity index (χ3n) is 1.79. The normalized spacial score (nSPS) is 11.3. The Hall–Kier alpha value is -1.77. The molecule has 1 atom stereocenters. The minimum Gasteiger partial charge on any atom is -0.323 e. The molecule has 0 radical (unpaired) electrons. The summed E-state index contributed by atoms with van der Waals surface area (Å²) in [6, 6.07) is 9.19. The zero-order valence-corrected chi connectivity index (χ0v) is 7.20. The lowest BCUT2D eigenvalue weighted by Crippen LogP contribution is -2.09. The van der Waals surface area contributed by atoms with Crippen LogP contribution in [-0.2, 0) is 0 Å². The highest BCUT2D eigenvalue weighted by Crippen LogP contribution is 2.14. The molecule has 0 bridgehead atoms. The van der Waals surface area contributed by atoms with Gasteiger partial charge >= 0.3 is 0 Å². The van der Waals surface area contributed by atoms with E-state index in [1.165, 1.54) is 0 Å². The van der Waals surface area contributed by atoms with Crippen LogP contribution in [0.3, 0.4) is 0 Å². The van der Waals surface area contributed by atoms with E-state index in [-0.39, 0.29) is 6.04 Å². The highest BCUT2D eigenvalue weighted by atomic mass is 14.6. The standard InChI is InChI=1S/C11H10N2/c1-2-9-4-3-5-10(8-9)11(13)6-7-12/h1,3-5,8,11H,6,13H2/t11-/m0/s1. The number of rotatable bonds is 2. The number of terminal acetylenes is 1. The Kier molecular flexibility index (Phi) is 3.09. The van der Waals surface area contributed by atoms with Gasteiger partial charge in [0.1, 0.15) is 0 Å². The highest BCUT2D eigenvalue weighted by molar-refractivity contribution is 5.36. The molecule has 0 spiro atoms. The first-order valence-electron chi connectivity index (χ1n) is 3.97. The van der Waals surface area contributed by atoms with Crippen LogP contribution in [0.4, 0.5) is 0 Å². The van der Waals surface area contributed by atoms with E-state index in [1.807, 2.05) is 30.3 Å². The van der Waals surface area contributed by atoms with E-state index in [0.717, 1.165) is 11.1 Å². The molecule has 0 heterocycles. The van der Waals surface area contributed by atoms with Crippen molar-refractivity contribution in [2.24, 2.45) is 5.73 Å². The van der Waals surface area contributed by atoms with E-state index in [4.69, 9.17) is 17.4 Å². The first kappa shape index (κ1) is 9.32. The van der Waals surface area contributed by atoms with Gasteiger partial charge in [0.15, 0.2) is 0 Å². The van der Waals surface area contributed by atoms with E-state index >= 15 is 0 Å². The molecule has 0 fully saturated rings.